The van der Waals surface area contributed by atoms with Crippen LogP contribution in [0.1, 0.15) is 10.4 Å². The molecule has 6 heteroatoms. The van der Waals surface area contributed by atoms with Gasteiger partial charge in [0.1, 0.15) is 11.6 Å². The third kappa shape index (κ3) is 2.00. The Morgan fingerprint density at radius 3 is 2.88 bits per heavy atom. The van der Waals surface area contributed by atoms with Crippen LogP contribution in [0.25, 0.3) is 0 Å². The van der Waals surface area contributed by atoms with E-state index >= 15 is 0 Å². The monoisotopic (exact) mass is 217 g/mol. The van der Waals surface area contributed by atoms with Crippen LogP contribution < -0.4 is 11.1 Å². The van der Waals surface area contributed by atoms with Crippen LogP contribution >= 0.6 is 0 Å². The van der Waals surface area contributed by atoms with Gasteiger partial charge in [0.05, 0.1) is 6.20 Å². The molecule has 0 saturated carbocycles. The SMILES string of the molecule is Cn1nccc1NC(=O)c1ccnc(N)c1. The van der Waals surface area contributed by atoms with Crippen molar-refractivity contribution in [2.45, 2.75) is 0 Å². The zero-order chi connectivity index (χ0) is 11.5. The molecule has 0 aliphatic heterocycles. The fourth-order valence-corrected chi connectivity index (χ4v) is 1.27. The summed E-state index contributed by atoms with van der Waals surface area (Å²) < 4.78 is 1.57. The number of carbonyl (C=O) groups is 1. The van der Waals surface area contributed by atoms with Gasteiger partial charge in [0.2, 0.25) is 0 Å². The Balaban J connectivity index is 2.18. The van der Waals surface area contributed by atoms with Gasteiger partial charge in [0, 0.05) is 24.9 Å². The van der Waals surface area contributed by atoms with E-state index < -0.39 is 0 Å². The molecule has 0 spiro atoms. The van der Waals surface area contributed by atoms with E-state index in [1.807, 2.05) is 0 Å². The Bertz CT molecular complexity index is 519. The molecule has 0 radical (unpaired) electrons. The third-order valence-electron chi connectivity index (χ3n) is 2.11. The second-order valence-electron chi connectivity index (χ2n) is 3.26. The zero-order valence-electron chi connectivity index (χ0n) is 8.71. The molecular weight excluding hydrogens is 206 g/mol. The van der Waals surface area contributed by atoms with Crippen LogP contribution in [0.15, 0.2) is 30.6 Å². The molecule has 6 nitrogen and oxygen atoms in total. The molecule has 82 valence electrons. The predicted molar refractivity (Wildman–Crippen MR) is 59.8 cm³/mol. The summed E-state index contributed by atoms with van der Waals surface area (Å²) in [6.45, 7) is 0. The van der Waals surface area contributed by atoms with Crippen molar-refractivity contribution in [2.24, 2.45) is 7.05 Å². The Hall–Kier alpha value is -2.37. The second kappa shape index (κ2) is 4.01. The van der Waals surface area contributed by atoms with Crippen molar-refractivity contribution in [2.75, 3.05) is 11.1 Å². The van der Waals surface area contributed by atoms with Gasteiger partial charge >= 0.3 is 0 Å². The van der Waals surface area contributed by atoms with E-state index in [4.69, 9.17) is 5.73 Å². The highest BCUT2D eigenvalue weighted by Crippen LogP contribution is 2.08. The van der Waals surface area contributed by atoms with Crippen LogP contribution in [0.5, 0.6) is 0 Å². The van der Waals surface area contributed by atoms with Gasteiger partial charge in [-0.1, -0.05) is 0 Å². The topological polar surface area (TPSA) is 85.8 Å². The van der Waals surface area contributed by atoms with E-state index in [0.29, 0.717) is 17.2 Å². The van der Waals surface area contributed by atoms with E-state index in [1.165, 1.54) is 12.3 Å². The first-order chi connectivity index (χ1) is 7.66. The number of amides is 1. The van der Waals surface area contributed by atoms with Gasteiger partial charge in [-0.05, 0) is 12.1 Å². The molecule has 2 rings (SSSR count). The van der Waals surface area contributed by atoms with Gasteiger partial charge in [0.25, 0.3) is 5.91 Å². The maximum Gasteiger partial charge on any atom is 0.256 e. The van der Waals surface area contributed by atoms with Gasteiger partial charge in [-0.3, -0.25) is 9.48 Å². The largest absolute Gasteiger partial charge is 0.384 e. The summed E-state index contributed by atoms with van der Waals surface area (Å²) in [5.41, 5.74) is 5.96. The molecule has 0 atom stereocenters. The summed E-state index contributed by atoms with van der Waals surface area (Å²) in [6.07, 6.45) is 3.10. The molecule has 0 bridgehead atoms. The highest BCUT2D eigenvalue weighted by atomic mass is 16.1. The number of rotatable bonds is 2. The Labute approximate surface area is 92.1 Å². The molecule has 3 N–H and O–H groups in total. The predicted octanol–water partition coefficient (Wildman–Crippen LogP) is 0.650. The molecule has 0 saturated heterocycles. The molecule has 2 aromatic rings. The van der Waals surface area contributed by atoms with E-state index in [2.05, 4.69) is 15.4 Å². The summed E-state index contributed by atoms with van der Waals surface area (Å²) in [7, 11) is 1.75. The van der Waals surface area contributed by atoms with Crippen LogP contribution in [0, 0.1) is 0 Å². The number of hydrogen-bond acceptors (Lipinski definition) is 4. The first-order valence-electron chi connectivity index (χ1n) is 4.67. The number of anilines is 2. The van der Waals surface area contributed by atoms with Crippen molar-refractivity contribution < 1.29 is 4.79 Å². The van der Waals surface area contributed by atoms with Gasteiger partial charge in [-0.2, -0.15) is 5.10 Å². The van der Waals surface area contributed by atoms with Crippen LogP contribution in [0.3, 0.4) is 0 Å². The summed E-state index contributed by atoms with van der Waals surface area (Å²) in [4.78, 5) is 15.6. The van der Waals surface area contributed by atoms with E-state index in [9.17, 15) is 4.79 Å². The lowest BCUT2D eigenvalue weighted by atomic mass is 10.2. The first-order valence-corrected chi connectivity index (χ1v) is 4.67. The third-order valence-corrected chi connectivity index (χ3v) is 2.11. The highest BCUT2D eigenvalue weighted by Gasteiger charge is 2.08. The van der Waals surface area contributed by atoms with Crippen molar-refractivity contribution in [1.82, 2.24) is 14.8 Å². The van der Waals surface area contributed by atoms with Gasteiger partial charge in [-0.25, -0.2) is 4.98 Å². The molecule has 1 amide bonds. The Morgan fingerprint density at radius 2 is 2.25 bits per heavy atom. The number of nitrogen functional groups attached to an aromatic ring is 1. The van der Waals surface area contributed by atoms with Crippen molar-refractivity contribution in [3.63, 3.8) is 0 Å². The summed E-state index contributed by atoms with van der Waals surface area (Å²) in [5.74, 6) is 0.704. The van der Waals surface area contributed by atoms with Gasteiger partial charge in [0.15, 0.2) is 0 Å². The lowest BCUT2D eigenvalue weighted by Crippen LogP contribution is -2.14. The zero-order valence-corrected chi connectivity index (χ0v) is 8.71. The number of nitrogens with zero attached hydrogens (tertiary/aromatic N) is 3. The minimum absolute atomic E-state index is 0.238. The highest BCUT2D eigenvalue weighted by molar-refractivity contribution is 6.04. The van der Waals surface area contributed by atoms with E-state index in [-0.39, 0.29) is 5.91 Å². The maximum absolute atomic E-state index is 11.8. The normalized spacial score (nSPS) is 10.1. The quantitative estimate of drug-likeness (QED) is 0.773. The minimum Gasteiger partial charge on any atom is -0.384 e. The van der Waals surface area contributed by atoms with Crippen LogP contribution in [0.2, 0.25) is 0 Å². The number of nitrogens with one attached hydrogen (secondary N) is 1. The summed E-state index contributed by atoms with van der Waals surface area (Å²) in [6, 6.07) is 4.83. The summed E-state index contributed by atoms with van der Waals surface area (Å²) >= 11 is 0. The van der Waals surface area contributed by atoms with Gasteiger partial charge in [-0.15, -0.1) is 0 Å². The number of pyridine rings is 1. The number of aromatic nitrogens is 3. The average Bonchev–Trinajstić information content (AvgIpc) is 2.64. The fourth-order valence-electron chi connectivity index (χ4n) is 1.27. The Kier molecular flexibility index (Phi) is 2.55. The standard InChI is InChI=1S/C10H11N5O/c1-15-9(3-5-13-15)14-10(16)7-2-4-12-8(11)6-7/h2-6H,1H3,(H2,11,12)(H,14,16). The fraction of sp³-hybridized carbons (Fsp3) is 0.100. The summed E-state index contributed by atoms with van der Waals surface area (Å²) in [5, 5.41) is 6.66. The number of hydrogen-bond donors (Lipinski definition) is 2. The molecule has 0 aromatic carbocycles. The molecule has 0 aliphatic rings. The van der Waals surface area contributed by atoms with Crippen LogP contribution in [-0.2, 0) is 7.05 Å². The first kappa shape index (κ1) is 10.2. The van der Waals surface area contributed by atoms with E-state index in [1.54, 1.807) is 30.1 Å². The lowest BCUT2D eigenvalue weighted by molar-refractivity contribution is 0.102. The number of nitrogens with two attached hydrogens (primary N) is 1. The van der Waals surface area contributed by atoms with Crippen molar-refractivity contribution >= 4 is 17.5 Å². The molecular formula is C10H11N5O. The van der Waals surface area contributed by atoms with Gasteiger partial charge < -0.3 is 11.1 Å². The molecule has 0 aliphatic carbocycles. The molecule has 16 heavy (non-hydrogen) atoms. The lowest BCUT2D eigenvalue weighted by Gasteiger charge is -2.05. The van der Waals surface area contributed by atoms with Crippen molar-refractivity contribution in [1.29, 1.82) is 0 Å². The molecule has 2 aromatic heterocycles. The number of aryl methyl sites for hydroxylation is 1. The molecule has 2 heterocycles. The Morgan fingerprint density at radius 1 is 1.44 bits per heavy atom. The smallest absolute Gasteiger partial charge is 0.256 e. The molecule has 0 fully saturated rings. The van der Waals surface area contributed by atoms with Crippen molar-refractivity contribution in [3.05, 3.63) is 36.2 Å². The van der Waals surface area contributed by atoms with Crippen molar-refractivity contribution in [3.8, 4) is 0 Å². The average molecular weight is 217 g/mol. The number of carbonyl (C=O) groups excluding carboxylic acids is 1. The van der Waals surface area contributed by atoms with E-state index in [0.717, 1.165) is 0 Å². The van der Waals surface area contributed by atoms with Crippen LogP contribution in [0.4, 0.5) is 11.6 Å². The van der Waals surface area contributed by atoms with Crippen LogP contribution in [-0.4, -0.2) is 20.7 Å². The second-order valence-corrected chi connectivity index (χ2v) is 3.26. The molecule has 0 unspecified atom stereocenters. The maximum atomic E-state index is 11.8. The minimum atomic E-state index is -0.238.